The molecule has 1 aliphatic heterocycles. The van der Waals surface area contributed by atoms with Gasteiger partial charge >= 0.3 is 6.43 Å². The predicted octanol–water partition coefficient (Wildman–Crippen LogP) is 3.52. The zero-order valence-corrected chi connectivity index (χ0v) is 16.8. The van der Waals surface area contributed by atoms with Crippen molar-refractivity contribution in [2.75, 3.05) is 5.75 Å². The fraction of sp³-hybridized carbons (Fsp3) is 0.444. The molecule has 10 heteroatoms. The van der Waals surface area contributed by atoms with Crippen LogP contribution in [0.1, 0.15) is 41.4 Å². The third-order valence-electron chi connectivity index (χ3n) is 4.83. The van der Waals surface area contributed by atoms with Crippen molar-refractivity contribution in [3.63, 3.8) is 0 Å². The smallest absolute Gasteiger partial charge is 0.314 e. The molecule has 0 spiro atoms. The summed E-state index contributed by atoms with van der Waals surface area (Å²) >= 11 is 1.35. The van der Waals surface area contributed by atoms with Crippen LogP contribution < -0.4 is 5.43 Å². The monoisotopic (exact) mass is 426 g/mol. The number of nitrogens with one attached hydrogen (secondary N) is 1. The second-order valence-electron chi connectivity index (χ2n) is 6.58. The van der Waals surface area contributed by atoms with E-state index in [-0.39, 0.29) is 5.54 Å². The minimum absolute atomic E-state index is 0.234. The van der Waals surface area contributed by atoms with Gasteiger partial charge in [0, 0.05) is 11.9 Å². The molecule has 1 N–H and O–H groups in total. The maximum absolute atomic E-state index is 12.8. The molecule has 150 valence electrons. The van der Waals surface area contributed by atoms with E-state index in [4.69, 9.17) is 4.74 Å². The first kappa shape index (κ1) is 19.4. The number of hydrazone groups is 1. The Labute approximate surface area is 168 Å². The normalized spacial score (nSPS) is 21.3. The van der Waals surface area contributed by atoms with Crippen molar-refractivity contribution in [1.29, 1.82) is 0 Å². The highest BCUT2D eigenvalue weighted by molar-refractivity contribution is 7.82. The van der Waals surface area contributed by atoms with Crippen molar-refractivity contribution in [2.24, 2.45) is 5.10 Å². The van der Waals surface area contributed by atoms with Gasteiger partial charge in [-0.05, 0) is 18.4 Å². The van der Waals surface area contributed by atoms with Crippen molar-refractivity contribution in [1.82, 2.24) is 14.7 Å². The number of halogens is 2. The molecule has 2 heterocycles. The van der Waals surface area contributed by atoms with Gasteiger partial charge < -0.3 is 4.74 Å². The Morgan fingerprint density at radius 2 is 2.14 bits per heavy atom. The van der Waals surface area contributed by atoms with Gasteiger partial charge in [0.15, 0.2) is 0 Å². The minimum Gasteiger partial charge on any atom is -0.445 e. The van der Waals surface area contributed by atoms with E-state index in [1.807, 2.05) is 29.4 Å². The largest absolute Gasteiger partial charge is 0.445 e. The molecule has 0 bridgehead atoms. The summed E-state index contributed by atoms with van der Waals surface area (Å²) in [5, 5.41) is 4.27. The summed E-state index contributed by atoms with van der Waals surface area (Å²) in [6.07, 6.45) is -0.0338. The third-order valence-corrected chi connectivity index (χ3v) is 7.32. The van der Waals surface area contributed by atoms with Gasteiger partial charge in [-0.3, -0.25) is 5.43 Å². The number of ether oxygens (including phenoxy) is 1. The van der Waals surface area contributed by atoms with E-state index in [0.717, 1.165) is 23.4 Å². The molecule has 2 atom stereocenters. The number of rotatable bonds is 8. The third kappa shape index (κ3) is 3.68. The van der Waals surface area contributed by atoms with Crippen molar-refractivity contribution in [3.05, 3.63) is 52.0 Å². The van der Waals surface area contributed by atoms with Crippen LogP contribution in [-0.4, -0.2) is 31.6 Å². The van der Waals surface area contributed by atoms with E-state index in [2.05, 4.69) is 27.6 Å². The van der Waals surface area contributed by atoms with E-state index >= 15 is 0 Å². The fourth-order valence-electron chi connectivity index (χ4n) is 3.28. The molecule has 0 amide bonds. The van der Waals surface area contributed by atoms with Crippen LogP contribution >= 0.6 is 11.3 Å². The SMILES string of the molecule is CCS(=O)N(Cc1ncc(C2NN=C(C(F)F)O2)s1)C1(c2ccccc2)CC1. The zero-order valence-electron chi connectivity index (χ0n) is 15.2. The second kappa shape index (κ2) is 7.84. The first-order chi connectivity index (χ1) is 13.5. The second-order valence-corrected chi connectivity index (χ2v) is 9.39. The predicted molar refractivity (Wildman–Crippen MR) is 104 cm³/mol. The number of hydrogen-bond donors (Lipinski definition) is 1. The van der Waals surface area contributed by atoms with Crippen molar-refractivity contribution in [2.45, 2.75) is 44.5 Å². The van der Waals surface area contributed by atoms with E-state index in [1.165, 1.54) is 11.3 Å². The Hall–Kier alpha value is -1.91. The first-order valence-electron chi connectivity index (χ1n) is 8.97. The topological polar surface area (TPSA) is 66.8 Å². The zero-order chi connectivity index (χ0) is 19.7. The lowest BCUT2D eigenvalue weighted by Crippen LogP contribution is -2.37. The molecular weight excluding hydrogens is 406 g/mol. The van der Waals surface area contributed by atoms with Gasteiger partial charge in [-0.1, -0.05) is 37.3 Å². The summed E-state index contributed by atoms with van der Waals surface area (Å²) in [4.78, 5) is 5.06. The number of aromatic nitrogens is 1. The summed E-state index contributed by atoms with van der Waals surface area (Å²) in [6.45, 7) is 2.33. The lowest BCUT2D eigenvalue weighted by Gasteiger charge is -2.30. The highest BCUT2D eigenvalue weighted by Crippen LogP contribution is 2.52. The molecule has 4 rings (SSSR count). The molecule has 1 saturated carbocycles. The van der Waals surface area contributed by atoms with Gasteiger partial charge in [-0.2, -0.15) is 8.78 Å². The van der Waals surface area contributed by atoms with E-state index in [9.17, 15) is 13.0 Å². The number of nitrogens with zero attached hydrogens (tertiary/aromatic N) is 3. The van der Waals surface area contributed by atoms with Crippen LogP contribution in [0.15, 0.2) is 41.6 Å². The molecule has 1 fully saturated rings. The van der Waals surface area contributed by atoms with Crippen LogP contribution in [0.2, 0.25) is 0 Å². The van der Waals surface area contributed by atoms with Gasteiger partial charge in [-0.25, -0.2) is 13.5 Å². The molecule has 2 unspecified atom stereocenters. The van der Waals surface area contributed by atoms with Crippen LogP contribution in [-0.2, 0) is 27.8 Å². The van der Waals surface area contributed by atoms with E-state index < -0.39 is 29.5 Å². The molecule has 6 nitrogen and oxygen atoms in total. The molecule has 0 saturated heterocycles. The molecule has 2 aliphatic rings. The molecule has 1 aliphatic carbocycles. The van der Waals surface area contributed by atoms with Crippen molar-refractivity contribution >= 4 is 28.2 Å². The average molecular weight is 427 g/mol. The van der Waals surface area contributed by atoms with E-state index in [1.54, 1.807) is 6.20 Å². The number of alkyl halides is 2. The van der Waals surface area contributed by atoms with Crippen LogP contribution in [0.3, 0.4) is 0 Å². The Morgan fingerprint density at radius 3 is 2.75 bits per heavy atom. The average Bonchev–Trinajstić information content (AvgIpc) is 3.14. The highest BCUT2D eigenvalue weighted by atomic mass is 32.2. The summed E-state index contributed by atoms with van der Waals surface area (Å²) in [5.74, 6) is -0.0965. The summed E-state index contributed by atoms with van der Waals surface area (Å²) in [7, 11) is -1.15. The molecule has 1 aromatic carbocycles. The highest BCUT2D eigenvalue weighted by Gasteiger charge is 2.51. The Kier molecular flexibility index (Phi) is 5.44. The van der Waals surface area contributed by atoms with Gasteiger partial charge in [0.05, 0.1) is 27.9 Å². The standard InChI is InChI=1S/C18H20F2N4O2S2/c1-2-28(25)24(18(8-9-18)12-6-4-3-5-7-12)11-14-21-10-13(27-14)16-22-23-17(26-16)15(19)20/h3-7,10,15-16,22H,2,8-9,11H2,1H3. The van der Waals surface area contributed by atoms with Gasteiger partial charge in [0.25, 0.3) is 5.90 Å². The maximum atomic E-state index is 12.8. The number of benzene rings is 1. The summed E-state index contributed by atoms with van der Waals surface area (Å²) < 4.78 is 45.3. The van der Waals surface area contributed by atoms with Crippen LogP contribution in [0.25, 0.3) is 0 Å². The first-order valence-corrected chi connectivity index (χ1v) is 11.1. The lowest BCUT2D eigenvalue weighted by atomic mass is 10.1. The molecular formula is C18H20F2N4O2S2. The van der Waals surface area contributed by atoms with Gasteiger partial charge in [0.1, 0.15) is 5.01 Å². The quantitative estimate of drug-likeness (QED) is 0.702. The number of thiazole rings is 1. The van der Waals surface area contributed by atoms with Gasteiger partial charge in [-0.15, -0.1) is 16.4 Å². The number of hydrogen-bond acceptors (Lipinski definition) is 6. The molecule has 1 aromatic heterocycles. The Morgan fingerprint density at radius 1 is 1.39 bits per heavy atom. The Bertz CT molecular complexity index is 887. The Balaban J connectivity index is 1.52. The van der Waals surface area contributed by atoms with Crippen molar-refractivity contribution < 1.29 is 17.7 Å². The molecule has 2 aromatic rings. The van der Waals surface area contributed by atoms with Crippen LogP contribution in [0.5, 0.6) is 0 Å². The van der Waals surface area contributed by atoms with Gasteiger partial charge in [0.2, 0.25) is 6.23 Å². The van der Waals surface area contributed by atoms with Crippen LogP contribution in [0.4, 0.5) is 8.78 Å². The summed E-state index contributed by atoms with van der Waals surface area (Å²) in [5.41, 5.74) is 3.48. The van der Waals surface area contributed by atoms with Crippen LogP contribution in [0, 0.1) is 0 Å². The lowest BCUT2D eigenvalue weighted by molar-refractivity contribution is 0.136. The van der Waals surface area contributed by atoms with Crippen molar-refractivity contribution in [3.8, 4) is 0 Å². The minimum atomic E-state index is -2.76. The molecule has 28 heavy (non-hydrogen) atoms. The summed E-state index contributed by atoms with van der Waals surface area (Å²) in [6, 6.07) is 10.1. The fourth-order valence-corrected chi connectivity index (χ4v) is 5.50. The molecule has 0 radical (unpaired) electrons. The van der Waals surface area contributed by atoms with E-state index in [0.29, 0.717) is 17.2 Å². The maximum Gasteiger partial charge on any atom is 0.314 e.